The number of halogens is 2. The minimum atomic E-state index is -0.389. The molecule has 4 rings (SSSR count). The second-order valence-electron chi connectivity index (χ2n) is 5.73. The molecule has 2 aromatic heterocycles. The van der Waals surface area contributed by atoms with Crippen molar-refractivity contribution in [2.24, 2.45) is 0 Å². The Bertz CT molecular complexity index is 1230. The van der Waals surface area contributed by atoms with E-state index in [1.54, 1.807) is 48.5 Å². The highest BCUT2D eigenvalue weighted by Crippen LogP contribution is 2.31. The van der Waals surface area contributed by atoms with Gasteiger partial charge in [-0.2, -0.15) is 0 Å². The van der Waals surface area contributed by atoms with Gasteiger partial charge in [-0.05, 0) is 36.6 Å². The van der Waals surface area contributed by atoms with Crippen LogP contribution in [0.4, 0.5) is 4.39 Å². The van der Waals surface area contributed by atoms with Gasteiger partial charge in [0.05, 0.1) is 16.4 Å². The Morgan fingerprint density at radius 3 is 2.48 bits per heavy atom. The molecule has 134 valence electrons. The molecule has 7 heteroatoms. The van der Waals surface area contributed by atoms with Crippen molar-refractivity contribution in [2.45, 2.75) is 5.16 Å². The number of thioether (sulfide) groups is 1. The molecule has 0 fully saturated rings. The second kappa shape index (κ2) is 7.13. The molecule has 4 aromatic rings. The Hall–Kier alpha value is -2.70. The number of aromatic nitrogens is 3. The smallest absolute Gasteiger partial charge is 0.256 e. The summed E-state index contributed by atoms with van der Waals surface area (Å²) in [7, 11) is 0. The fourth-order valence-corrected chi connectivity index (χ4v) is 3.49. The van der Waals surface area contributed by atoms with Crippen LogP contribution in [0.3, 0.4) is 0 Å². The largest absolute Gasteiger partial charge is 0.269 e. The van der Waals surface area contributed by atoms with Gasteiger partial charge in [-0.1, -0.05) is 47.6 Å². The number of para-hydroxylation sites is 1. The van der Waals surface area contributed by atoms with Crippen LogP contribution in [0, 0.1) is 5.82 Å². The molecule has 27 heavy (non-hydrogen) atoms. The molecule has 2 heterocycles. The first-order valence-corrected chi connectivity index (χ1v) is 9.68. The van der Waals surface area contributed by atoms with Crippen LogP contribution in [-0.4, -0.2) is 20.8 Å². The van der Waals surface area contributed by atoms with Gasteiger partial charge in [0.1, 0.15) is 5.82 Å². The zero-order valence-electron chi connectivity index (χ0n) is 14.2. The van der Waals surface area contributed by atoms with Crippen LogP contribution >= 0.6 is 23.4 Å². The first-order valence-electron chi connectivity index (χ1n) is 8.08. The molecule has 0 atom stereocenters. The predicted molar refractivity (Wildman–Crippen MR) is 107 cm³/mol. The SMILES string of the molecule is CSc1nc(-c2ccccc2F)c2ccc(=O)n(-c3ccccc3Cl)c2n1. The van der Waals surface area contributed by atoms with Gasteiger partial charge in [-0.25, -0.2) is 14.4 Å². The number of hydrogen-bond donors (Lipinski definition) is 0. The fourth-order valence-electron chi connectivity index (χ4n) is 2.91. The molecule has 0 saturated carbocycles. The first kappa shape index (κ1) is 17.7. The average molecular weight is 398 g/mol. The maximum atomic E-state index is 14.4. The summed E-state index contributed by atoms with van der Waals surface area (Å²) in [5.74, 6) is -0.389. The van der Waals surface area contributed by atoms with E-state index in [1.807, 2.05) is 6.26 Å². The van der Waals surface area contributed by atoms with Gasteiger partial charge in [0.15, 0.2) is 10.8 Å². The highest BCUT2D eigenvalue weighted by Gasteiger charge is 2.17. The van der Waals surface area contributed by atoms with Crippen LogP contribution in [0.5, 0.6) is 0 Å². The lowest BCUT2D eigenvalue weighted by Gasteiger charge is -2.14. The standard InChI is InChI=1S/C20H13ClFN3OS/c1-27-20-23-18(12-6-2-4-8-15(12)22)13-10-11-17(26)25(19(13)24-20)16-9-5-3-7-14(16)21/h2-11H,1H3. The van der Waals surface area contributed by atoms with Crippen molar-refractivity contribution < 1.29 is 4.39 Å². The maximum Gasteiger partial charge on any atom is 0.256 e. The van der Waals surface area contributed by atoms with E-state index in [9.17, 15) is 9.18 Å². The normalized spacial score (nSPS) is 11.1. The van der Waals surface area contributed by atoms with Gasteiger partial charge in [0.2, 0.25) is 0 Å². The molecule has 0 amide bonds. The molecule has 0 spiro atoms. The van der Waals surface area contributed by atoms with Gasteiger partial charge in [-0.15, -0.1) is 0 Å². The summed E-state index contributed by atoms with van der Waals surface area (Å²) in [6.07, 6.45) is 1.83. The highest BCUT2D eigenvalue weighted by atomic mass is 35.5. The van der Waals surface area contributed by atoms with Crippen molar-refractivity contribution in [1.82, 2.24) is 14.5 Å². The molecular formula is C20H13ClFN3OS. The van der Waals surface area contributed by atoms with Crippen LogP contribution < -0.4 is 5.56 Å². The van der Waals surface area contributed by atoms with E-state index in [-0.39, 0.29) is 11.4 Å². The minimum absolute atomic E-state index is 0.277. The number of hydrogen-bond acceptors (Lipinski definition) is 4. The lowest BCUT2D eigenvalue weighted by molar-refractivity contribution is 0.630. The van der Waals surface area contributed by atoms with E-state index in [2.05, 4.69) is 9.97 Å². The summed E-state index contributed by atoms with van der Waals surface area (Å²) in [5.41, 5.74) is 1.40. The summed E-state index contributed by atoms with van der Waals surface area (Å²) < 4.78 is 15.9. The van der Waals surface area contributed by atoms with Gasteiger partial charge >= 0.3 is 0 Å². The molecule has 0 aliphatic heterocycles. The Balaban J connectivity index is 2.15. The van der Waals surface area contributed by atoms with Crippen LogP contribution in [0.2, 0.25) is 5.02 Å². The van der Waals surface area contributed by atoms with E-state index >= 15 is 0 Å². The third-order valence-corrected chi connectivity index (χ3v) is 5.00. The molecule has 0 aliphatic rings. The van der Waals surface area contributed by atoms with E-state index in [0.29, 0.717) is 38.2 Å². The van der Waals surface area contributed by atoms with Crippen LogP contribution in [0.1, 0.15) is 0 Å². The first-order chi connectivity index (χ1) is 13.1. The molecule has 0 unspecified atom stereocenters. The maximum absolute atomic E-state index is 14.4. The van der Waals surface area contributed by atoms with Gasteiger partial charge < -0.3 is 0 Å². The van der Waals surface area contributed by atoms with Crippen molar-refractivity contribution in [3.63, 3.8) is 0 Å². The Morgan fingerprint density at radius 1 is 1.00 bits per heavy atom. The third-order valence-electron chi connectivity index (χ3n) is 4.13. The lowest BCUT2D eigenvalue weighted by atomic mass is 10.1. The number of rotatable bonds is 3. The molecule has 0 aliphatic carbocycles. The Morgan fingerprint density at radius 2 is 1.74 bits per heavy atom. The van der Waals surface area contributed by atoms with Crippen LogP contribution in [-0.2, 0) is 0 Å². The summed E-state index contributed by atoms with van der Waals surface area (Å²) in [6.45, 7) is 0. The monoisotopic (exact) mass is 397 g/mol. The number of fused-ring (bicyclic) bond motifs is 1. The van der Waals surface area contributed by atoms with Gasteiger partial charge in [0.25, 0.3) is 5.56 Å². The quantitative estimate of drug-likeness (QED) is 0.362. The van der Waals surface area contributed by atoms with E-state index in [4.69, 9.17) is 11.6 Å². The summed E-state index contributed by atoms with van der Waals surface area (Å²) in [6, 6.07) is 16.5. The predicted octanol–water partition coefficient (Wildman–Crippen LogP) is 4.96. The average Bonchev–Trinajstić information content (AvgIpc) is 2.68. The second-order valence-corrected chi connectivity index (χ2v) is 6.92. The lowest BCUT2D eigenvalue weighted by Crippen LogP contribution is -2.19. The van der Waals surface area contributed by atoms with Crippen molar-refractivity contribution in [2.75, 3.05) is 6.26 Å². The topological polar surface area (TPSA) is 47.8 Å². The van der Waals surface area contributed by atoms with E-state index < -0.39 is 0 Å². The molecule has 0 saturated heterocycles. The molecule has 0 radical (unpaired) electrons. The molecular weight excluding hydrogens is 385 g/mol. The zero-order valence-corrected chi connectivity index (χ0v) is 15.8. The van der Waals surface area contributed by atoms with Crippen molar-refractivity contribution >= 4 is 34.4 Å². The van der Waals surface area contributed by atoms with Gasteiger partial charge in [-0.3, -0.25) is 9.36 Å². The molecule has 0 bridgehead atoms. The van der Waals surface area contributed by atoms with E-state index in [0.717, 1.165) is 0 Å². The Kier molecular flexibility index (Phi) is 4.68. The van der Waals surface area contributed by atoms with E-state index in [1.165, 1.54) is 28.5 Å². The summed E-state index contributed by atoms with van der Waals surface area (Å²) in [4.78, 5) is 21.7. The van der Waals surface area contributed by atoms with Gasteiger partial charge in [0, 0.05) is 17.0 Å². The van der Waals surface area contributed by atoms with Crippen LogP contribution in [0.25, 0.3) is 28.0 Å². The molecule has 2 aromatic carbocycles. The zero-order chi connectivity index (χ0) is 19.0. The Labute approximate surface area is 163 Å². The third kappa shape index (κ3) is 3.11. The summed E-state index contributed by atoms with van der Waals surface area (Å²) >= 11 is 7.64. The summed E-state index contributed by atoms with van der Waals surface area (Å²) in [5, 5.41) is 1.42. The number of pyridine rings is 1. The number of nitrogens with zero attached hydrogens (tertiary/aromatic N) is 3. The van der Waals surface area contributed by atoms with Crippen LogP contribution in [0.15, 0.2) is 70.6 Å². The fraction of sp³-hybridized carbons (Fsp3) is 0.0500. The number of benzene rings is 2. The van der Waals surface area contributed by atoms with Crippen molar-refractivity contribution in [3.8, 4) is 16.9 Å². The highest BCUT2D eigenvalue weighted by molar-refractivity contribution is 7.98. The molecule has 0 N–H and O–H groups in total. The minimum Gasteiger partial charge on any atom is -0.269 e. The van der Waals surface area contributed by atoms with Crippen molar-refractivity contribution in [1.29, 1.82) is 0 Å². The van der Waals surface area contributed by atoms with Crippen molar-refractivity contribution in [3.05, 3.63) is 81.9 Å². The molecule has 4 nitrogen and oxygen atoms in total.